The average Bonchev–Trinajstić information content (AvgIpc) is 2.73. The van der Waals surface area contributed by atoms with Gasteiger partial charge in [-0.25, -0.2) is 4.79 Å². The smallest absolute Gasteiger partial charge is 0.328 e. The highest BCUT2D eigenvalue weighted by Crippen LogP contribution is 2.15. The zero-order chi connectivity index (χ0) is 21.6. The Hall–Kier alpha value is -3.10. The molecule has 0 unspecified atom stereocenters. The van der Waals surface area contributed by atoms with E-state index in [9.17, 15) is 19.2 Å². The summed E-state index contributed by atoms with van der Waals surface area (Å²) in [4.78, 5) is 46.9. The normalized spacial score (nSPS) is 11.1. The third-order valence-electron chi connectivity index (χ3n) is 4.12. The minimum atomic E-state index is -0.912. The summed E-state index contributed by atoms with van der Waals surface area (Å²) in [7, 11) is 4.02. The van der Waals surface area contributed by atoms with Crippen molar-refractivity contribution in [3.63, 3.8) is 0 Å². The van der Waals surface area contributed by atoms with Gasteiger partial charge in [-0.15, -0.1) is 0 Å². The first-order chi connectivity index (χ1) is 13.9. The lowest BCUT2D eigenvalue weighted by Gasteiger charge is -2.16. The van der Waals surface area contributed by atoms with Crippen LogP contribution in [0.4, 0.5) is 5.69 Å². The molecule has 1 rings (SSSR count). The van der Waals surface area contributed by atoms with Crippen molar-refractivity contribution in [2.45, 2.75) is 44.6 Å². The van der Waals surface area contributed by atoms with Crippen molar-refractivity contribution in [2.75, 3.05) is 26.6 Å². The zero-order valence-corrected chi connectivity index (χ0v) is 17.0. The summed E-state index contributed by atoms with van der Waals surface area (Å²) >= 11 is 0. The van der Waals surface area contributed by atoms with Gasteiger partial charge in [0.1, 0.15) is 11.8 Å². The van der Waals surface area contributed by atoms with Crippen molar-refractivity contribution < 1.29 is 33.4 Å². The monoisotopic (exact) mass is 408 g/mol. The Morgan fingerprint density at radius 3 is 2.03 bits per heavy atom. The maximum atomic E-state index is 12.0. The molecular formula is C20H28N2O7. The van der Waals surface area contributed by atoms with E-state index in [0.717, 1.165) is 0 Å². The van der Waals surface area contributed by atoms with Crippen LogP contribution in [0.15, 0.2) is 24.3 Å². The van der Waals surface area contributed by atoms with Gasteiger partial charge in [0.05, 0.1) is 21.3 Å². The van der Waals surface area contributed by atoms with E-state index in [0.29, 0.717) is 24.3 Å². The molecule has 0 heterocycles. The van der Waals surface area contributed by atoms with E-state index in [-0.39, 0.29) is 37.5 Å². The predicted molar refractivity (Wildman–Crippen MR) is 105 cm³/mol. The quantitative estimate of drug-likeness (QED) is 0.400. The van der Waals surface area contributed by atoms with Gasteiger partial charge in [0.15, 0.2) is 0 Å². The van der Waals surface area contributed by atoms with Crippen LogP contribution in [0.5, 0.6) is 5.75 Å². The Morgan fingerprint density at radius 2 is 1.48 bits per heavy atom. The number of anilines is 1. The van der Waals surface area contributed by atoms with Crippen LogP contribution in [0.1, 0.15) is 38.5 Å². The Morgan fingerprint density at radius 1 is 0.862 bits per heavy atom. The first-order valence-electron chi connectivity index (χ1n) is 9.27. The molecule has 0 spiro atoms. The van der Waals surface area contributed by atoms with Crippen LogP contribution in [-0.4, -0.2) is 51.1 Å². The van der Waals surface area contributed by atoms with Crippen LogP contribution in [0.3, 0.4) is 0 Å². The van der Waals surface area contributed by atoms with Crippen molar-refractivity contribution in [2.24, 2.45) is 0 Å². The molecule has 1 atom stereocenters. The predicted octanol–water partition coefficient (Wildman–Crippen LogP) is 1.81. The number of esters is 2. The van der Waals surface area contributed by atoms with Crippen molar-refractivity contribution in [3.05, 3.63) is 24.3 Å². The summed E-state index contributed by atoms with van der Waals surface area (Å²) in [5, 5.41) is 5.32. The highest BCUT2D eigenvalue weighted by molar-refractivity contribution is 5.90. The van der Waals surface area contributed by atoms with Crippen LogP contribution >= 0.6 is 0 Å². The number of rotatable bonds is 12. The first-order valence-corrected chi connectivity index (χ1v) is 9.27. The second-order valence-corrected chi connectivity index (χ2v) is 6.24. The Labute approximate surface area is 170 Å². The van der Waals surface area contributed by atoms with Gasteiger partial charge in [-0.2, -0.15) is 0 Å². The molecule has 0 saturated heterocycles. The number of carbonyl (C=O) groups excluding carboxylic acids is 4. The maximum absolute atomic E-state index is 12.0. The van der Waals surface area contributed by atoms with Gasteiger partial charge >= 0.3 is 11.9 Å². The highest BCUT2D eigenvalue weighted by Gasteiger charge is 2.22. The SMILES string of the molecule is COC(=O)CC[C@H](NC(=O)CCCCC(=O)Nc1ccc(OC)cc1)C(=O)OC. The Kier molecular flexibility index (Phi) is 10.8. The molecule has 0 aromatic heterocycles. The van der Waals surface area contributed by atoms with Crippen LogP contribution < -0.4 is 15.4 Å². The summed E-state index contributed by atoms with van der Waals surface area (Å²) in [5.74, 6) is -0.898. The van der Waals surface area contributed by atoms with Crippen LogP contribution in [-0.2, 0) is 28.7 Å². The number of amides is 2. The van der Waals surface area contributed by atoms with Crippen molar-refractivity contribution in [3.8, 4) is 5.75 Å². The van der Waals surface area contributed by atoms with E-state index in [1.54, 1.807) is 31.4 Å². The van der Waals surface area contributed by atoms with E-state index in [1.807, 2.05) is 0 Å². The lowest BCUT2D eigenvalue weighted by molar-refractivity contribution is -0.146. The molecule has 0 radical (unpaired) electrons. The number of benzene rings is 1. The number of hydrogen-bond acceptors (Lipinski definition) is 7. The third-order valence-corrected chi connectivity index (χ3v) is 4.12. The molecule has 1 aromatic carbocycles. The Bertz CT molecular complexity index is 689. The lowest BCUT2D eigenvalue weighted by atomic mass is 10.1. The van der Waals surface area contributed by atoms with Crippen LogP contribution in [0, 0.1) is 0 Å². The summed E-state index contributed by atoms with van der Waals surface area (Å²) in [6.45, 7) is 0. The summed E-state index contributed by atoms with van der Waals surface area (Å²) < 4.78 is 14.2. The molecule has 0 saturated carbocycles. The summed E-state index contributed by atoms with van der Waals surface area (Å²) in [6, 6.07) is 6.07. The molecule has 0 aliphatic carbocycles. The molecule has 2 amide bonds. The summed E-state index contributed by atoms with van der Waals surface area (Å²) in [6.07, 6.45) is 1.49. The number of methoxy groups -OCH3 is 3. The number of nitrogens with one attached hydrogen (secondary N) is 2. The highest BCUT2D eigenvalue weighted by atomic mass is 16.5. The average molecular weight is 408 g/mol. The fourth-order valence-corrected chi connectivity index (χ4v) is 2.49. The van der Waals surface area contributed by atoms with Gasteiger partial charge in [0.25, 0.3) is 0 Å². The second kappa shape index (κ2) is 13.1. The third kappa shape index (κ3) is 9.59. The molecule has 29 heavy (non-hydrogen) atoms. The molecule has 160 valence electrons. The number of hydrogen-bond donors (Lipinski definition) is 2. The molecule has 0 fully saturated rings. The van der Waals surface area contributed by atoms with Crippen molar-refractivity contribution in [1.29, 1.82) is 0 Å². The Balaban J connectivity index is 2.32. The minimum absolute atomic E-state index is 0.0118. The van der Waals surface area contributed by atoms with E-state index < -0.39 is 18.0 Å². The molecule has 9 heteroatoms. The van der Waals surface area contributed by atoms with Gasteiger partial charge in [-0.05, 0) is 43.5 Å². The van der Waals surface area contributed by atoms with Gasteiger partial charge in [-0.3, -0.25) is 14.4 Å². The van der Waals surface area contributed by atoms with Gasteiger partial charge in [0.2, 0.25) is 11.8 Å². The van der Waals surface area contributed by atoms with Gasteiger partial charge in [-0.1, -0.05) is 0 Å². The van der Waals surface area contributed by atoms with E-state index >= 15 is 0 Å². The molecule has 0 aliphatic rings. The molecule has 0 bridgehead atoms. The van der Waals surface area contributed by atoms with Crippen LogP contribution in [0.2, 0.25) is 0 Å². The maximum Gasteiger partial charge on any atom is 0.328 e. The fourth-order valence-electron chi connectivity index (χ4n) is 2.49. The molecule has 2 N–H and O–H groups in total. The first kappa shape index (κ1) is 23.9. The minimum Gasteiger partial charge on any atom is -0.497 e. The number of ether oxygens (including phenoxy) is 3. The summed E-state index contributed by atoms with van der Waals surface area (Å²) in [5.41, 5.74) is 0.667. The van der Waals surface area contributed by atoms with Crippen LogP contribution in [0.25, 0.3) is 0 Å². The van der Waals surface area contributed by atoms with Crippen molar-refractivity contribution >= 4 is 29.4 Å². The van der Waals surface area contributed by atoms with E-state index in [2.05, 4.69) is 20.1 Å². The van der Waals surface area contributed by atoms with Gasteiger partial charge in [0, 0.05) is 24.9 Å². The standard InChI is InChI=1S/C20H28N2O7/c1-27-15-10-8-14(9-11-15)21-17(23)6-4-5-7-18(24)22-16(20(26)29-3)12-13-19(25)28-2/h8-11,16H,4-7,12-13H2,1-3H3,(H,21,23)(H,22,24)/t16-/m0/s1. The fraction of sp³-hybridized carbons (Fsp3) is 0.500. The topological polar surface area (TPSA) is 120 Å². The number of unbranched alkanes of at least 4 members (excludes halogenated alkanes) is 1. The van der Waals surface area contributed by atoms with Gasteiger partial charge < -0.3 is 24.8 Å². The van der Waals surface area contributed by atoms with Crippen molar-refractivity contribution in [1.82, 2.24) is 5.32 Å². The molecular weight excluding hydrogens is 380 g/mol. The molecule has 1 aromatic rings. The molecule has 9 nitrogen and oxygen atoms in total. The number of carbonyl (C=O) groups is 4. The molecule has 0 aliphatic heterocycles. The second-order valence-electron chi connectivity index (χ2n) is 6.24. The zero-order valence-electron chi connectivity index (χ0n) is 17.0. The van der Waals surface area contributed by atoms with E-state index in [1.165, 1.54) is 14.2 Å². The largest absolute Gasteiger partial charge is 0.497 e. The van der Waals surface area contributed by atoms with E-state index in [4.69, 9.17) is 4.74 Å². The lowest BCUT2D eigenvalue weighted by Crippen LogP contribution is -2.41.